The molecule has 2 fully saturated rings. The van der Waals surface area contributed by atoms with E-state index in [1.807, 2.05) is 68.4 Å². The molecule has 49 heavy (non-hydrogen) atoms. The molecule has 4 aromatic rings. The molecular weight excluding hydrogens is 658 g/mol. The van der Waals surface area contributed by atoms with Gasteiger partial charge in [0.25, 0.3) is 0 Å². The minimum Gasteiger partial charge on any atom is -0.457 e. The number of hydrogen-bond donors (Lipinski definition) is 1. The molecule has 7 nitrogen and oxygen atoms in total. The number of carbonyl (C=O) groups is 3. The molecule has 1 amide bonds. The molecule has 9 heteroatoms. The molecule has 2 saturated heterocycles. The fourth-order valence-electron chi connectivity index (χ4n) is 7.57. The van der Waals surface area contributed by atoms with Gasteiger partial charge in [-0.05, 0) is 43.5 Å². The van der Waals surface area contributed by atoms with Crippen molar-refractivity contribution in [2.75, 3.05) is 0 Å². The number of carbonyl (C=O) groups excluding carboxylic acids is 3. The number of nitrogens with zero attached hydrogens (tertiary/aromatic N) is 1. The Hall–Kier alpha value is -4.21. The monoisotopic (exact) mass is 693 g/mol. The Balaban J connectivity index is 1.24. The molecule has 3 unspecified atom stereocenters. The van der Waals surface area contributed by atoms with E-state index >= 15 is 0 Å². The van der Waals surface area contributed by atoms with Crippen LogP contribution in [0.15, 0.2) is 127 Å². The van der Waals surface area contributed by atoms with Crippen molar-refractivity contribution in [1.29, 1.82) is 0 Å². The van der Waals surface area contributed by atoms with Crippen LogP contribution in [-0.4, -0.2) is 43.8 Å². The van der Waals surface area contributed by atoms with Gasteiger partial charge in [-0.2, -0.15) is 0 Å². The van der Waals surface area contributed by atoms with Crippen molar-refractivity contribution >= 4 is 41.0 Å². The SMILES string of the molecule is CC1(C)S[C@H]2N(C(=O)C23CC=C(C(=O)OCc2ccc(Cl)cc2)C3C(=O)c2ccccc2)[C@H]1C(O)(OCc1ccccc1)c1ccccc1. The van der Waals surface area contributed by atoms with Crippen LogP contribution in [0, 0.1) is 11.3 Å². The van der Waals surface area contributed by atoms with Gasteiger partial charge in [-0.3, -0.25) is 9.59 Å². The second kappa shape index (κ2) is 12.9. The maximum Gasteiger partial charge on any atom is 0.334 e. The van der Waals surface area contributed by atoms with Gasteiger partial charge >= 0.3 is 5.97 Å². The van der Waals surface area contributed by atoms with E-state index in [-0.39, 0.29) is 36.9 Å². The molecule has 0 radical (unpaired) electrons. The van der Waals surface area contributed by atoms with Gasteiger partial charge in [0.1, 0.15) is 12.6 Å². The number of aliphatic hydroxyl groups is 1. The molecular formula is C40H36ClNO6S. The lowest BCUT2D eigenvalue weighted by Gasteiger charge is -2.56. The molecule has 3 aliphatic rings. The number of fused-ring (bicyclic) bond motifs is 2. The highest BCUT2D eigenvalue weighted by Crippen LogP contribution is 2.68. The molecule has 5 atom stereocenters. The molecule has 2 aliphatic heterocycles. The van der Waals surface area contributed by atoms with Crippen molar-refractivity contribution in [3.63, 3.8) is 0 Å². The molecule has 4 aromatic carbocycles. The number of hydrogen-bond acceptors (Lipinski definition) is 7. The minimum absolute atomic E-state index is 0.0111. The highest BCUT2D eigenvalue weighted by atomic mass is 35.5. The average Bonchev–Trinajstić information content (AvgIpc) is 3.67. The first kappa shape index (κ1) is 33.3. The summed E-state index contributed by atoms with van der Waals surface area (Å²) in [6, 6.07) is 33.6. The second-order valence-corrected chi connectivity index (χ2v) is 15.5. The number of allylic oxidation sites excluding steroid dienone is 1. The summed E-state index contributed by atoms with van der Waals surface area (Å²) in [4.78, 5) is 44.7. The summed E-state index contributed by atoms with van der Waals surface area (Å²) in [5.41, 5.74) is 1.48. The fourth-order valence-corrected chi connectivity index (χ4v) is 9.54. The minimum atomic E-state index is -1.88. The van der Waals surface area contributed by atoms with Gasteiger partial charge in [-0.1, -0.05) is 121 Å². The van der Waals surface area contributed by atoms with Crippen molar-refractivity contribution in [2.24, 2.45) is 11.3 Å². The number of Topliss-reactive ketones (excluding diaryl/α,β-unsaturated/α-hetero) is 1. The molecule has 250 valence electrons. The summed E-state index contributed by atoms with van der Waals surface area (Å²) >= 11 is 7.55. The number of β-lactam (4-membered cyclic amide) rings is 1. The standard InChI is InChI=1S/C40H36ClNO6S/c1-38(2)35(40(46,29-16-10-5-11-17-29)48-25-26-12-6-3-7-13-26)42-36(45)39(37(42)49-38)23-22-31(32(39)33(43)28-14-8-4-9-15-28)34(44)47-24-27-18-20-30(41)21-19-27/h3-22,32,35,37,46H,23-25H2,1-2H3/t32?,35-,37-,39?,40?/m1/s1. The van der Waals surface area contributed by atoms with Crippen LogP contribution in [0.4, 0.5) is 0 Å². The van der Waals surface area contributed by atoms with Crippen LogP contribution in [0.5, 0.6) is 0 Å². The maximum absolute atomic E-state index is 14.8. The highest BCUT2D eigenvalue weighted by molar-refractivity contribution is 8.01. The smallest absolute Gasteiger partial charge is 0.334 e. The lowest BCUT2D eigenvalue weighted by Crippen LogP contribution is -2.73. The normalized spacial score (nSPS) is 24.9. The number of esters is 1. The van der Waals surface area contributed by atoms with E-state index in [4.69, 9.17) is 21.1 Å². The van der Waals surface area contributed by atoms with E-state index in [1.165, 1.54) is 11.8 Å². The molecule has 0 aromatic heterocycles. The predicted molar refractivity (Wildman–Crippen MR) is 188 cm³/mol. The van der Waals surface area contributed by atoms with Gasteiger partial charge in [0.2, 0.25) is 11.7 Å². The average molecular weight is 694 g/mol. The number of amides is 1. The van der Waals surface area contributed by atoms with Crippen LogP contribution < -0.4 is 0 Å². The van der Waals surface area contributed by atoms with Crippen molar-refractivity contribution in [1.82, 2.24) is 4.90 Å². The largest absolute Gasteiger partial charge is 0.457 e. The van der Waals surface area contributed by atoms with E-state index < -0.39 is 39.3 Å². The zero-order chi connectivity index (χ0) is 34.4. The van der Waals surface area contributed by atoms with Crippen molar-refractivity contribution in [3.8, 4) is 0 Å². The third-order valence-electron chi connectivity index (χ3n) is 9.86. The van der Waals surface area contributed by atoms with Gasteiger partial charge in [0.15, 0.2) is 5.78 Å². The van der Waals surface area contributed by atoms with Crippen LogP contribution in [0.25, 0.3) is 0 Å². The van der Waals surface area contributed by atoms with Crippen LogP contribution in [0.3, 0.4) is 0 Å². The summed E-state index contributed by atoms with van der Waals surface area (Å²) in [7, 11) is 0. The van der Waals surface area contributed by atoms with Gasteiger partial charge in [-0.15, -0.1) is 11.8 Å². The van der Waals surface area contributed by atoms with Gasteiger partial charge in [0.05, 0.1) is 23.3 Å². The molecule has 2 heterocycles. The number of ketones is 1. The lowest BCUT2D eigenvalue weighted by molar-refractivity contribution is -0.270. The van der Waals surface area contributed by atoms with Crippen LogP contribution in [0.2, 0.25) is 5.02 Å². The Morgan fingerprint density at radius 1 is 0.878 bits per heavy atom. The third kappa shape index (κ3) is 5.70. The number of halogens is 1. The quantitative estimate of drug-likeness (QED) is 0.0805. The van der Waals surface area contributed by atoms with Crippen molar-refractivity contribution < 1.29 is 29.0 Å². The summed E-state index contributed by atoms with van der Waals surface area (Å²) in [5.74, 6) is -4.22. The zero-order valence-electron chi connectivity index (χ0n) is 27.1. The Kier molecular flexibility index (Phi) is 8.78. The highest BCUT2D eigenvalue weighted by Gasteiger charge is 2.77. The third-order valence-corrected chi connectivity index (χ3v) is 11.8. The van der Waals surface area contributed by atoms with E-state index in [9.17, 15) is 19.5 Å². The molecule has 0 bridgehead atoms. The van der Waals surface area contributed by atoms with Gasteiger partial charge in [0, 0.05) is 26.5 Å². The van der Waals surface area contributed by atoms with Gasteiger partial charge < -0.3 is 19.5 Å². The first-order valence-corrected chi connectivity index (χ1v) is 17.5. The van der Waals surface area contributed by atoms with E-state index in [1.54, 1.807) is 71.6 Å². The Morgan fingerprint density at radius 3 is 2.12 bits per heavy atom. The topological polar surface area (TPSA) is 93.1 Å². The maximum atomic E-state index is 14.8. The van der Waals surface area contributed by atoms with Crippen LogP contribution >= 0.6 is 23.4 Å². The first-order valence-electron chi connectivity index (χ1n) is 16.2. The summed E-state index contributed by atoms with van der Waals surface area (Å²) in [6.07, 6.45) is 1.88. The zero-order valence-corrected chi connectivity index (χ0v) is 28.7. The van der Waals surface area contributed by atoms with Gasteiger partial charge in [-0.25, -0.2) is 4.79 Å². The van der Waals surface area contributed by atoms with E-state index in [0.717, 1.165) is 11.1 Å². The Bertz CT molecular complexity index is 1900. The summed E-state index contributed by atoms with van der Waals surface area (Å²) in [5, 5.41) is 12.7. The second-order valence-electron chi connectivity index (χ2n) is 13.3. The van der Waals surface area contributed by atoms with Crippen molar-refractivity contribution in [3.05, 3.63) is 154 Å². The summed E-state index contributed by atoms with van der Waals surface area (Å²) in [6.45, 7) is 4.07. The molecule has 1 spiro atoms. The Morgan fingerprint density at radius 2 is 1.47 bits per heavy atom. The predicted octanol–water partition coefficient (Wildman–Crippen LogP) is 7.32. The van der Waals surface area contributed by atoms with E-state index in [0.29, 0.717) is 16.1 Å². The van der Waals surface area contributed by atoms with E-state index in [2.05, 4.69) is 0 Å². The molecule has 1 N–H and O–H groups in total. The lowest BCUT2D eigenvalue weighted by atomic mass is 9.64. The molecule has 7 rings (SSSR count). The molecule has 0 saturated carbocycles. The van der Waals surface area contributed by atoms with Crippen LogP contribution in [-0.2, 0) is 38.1 Å². The number of thioether (sulfide) groups is 1. The Labute approximate surface area is 294 Å². The first-order chi connectivity index (χ1) is 23.6. The van der Waals surface area contributed by atoms with Crippen molar-refractivity contribution in [2.45, 2.75) is 55.4 Å². The number of rotatable bonds is 10. The number of ether oxygens (including phenoxy) is 2. The fraction of sp³-hybridized carbons (Fsp3) is 0.275. The number of benzene rings is 4. The summed E-state index contributed by atoms with van der Waals surface area (Å²) < 4.78 is 11.5. The van der Waals surface area contributed by atoms with Crippen LogP contribution in [0.1, 0.15) is 47.3 Å². The molecule has 1 aliphatic carbocycles.